The average molecular weight is 282 g/mol. The van der Waals surface area contributed by atoms with Gasteiger partial charge in [0.25, 0.3) is 0 Å². The lowest BCUT2D eigenvalue weighted by Crippen LogP contribution is -2.27. The van der Waals surface area contributed by atoms with Crippen molar-refractivity contribution in [3.05, 3.63) is 23.6 Å². The monoisotopic (exact) mass is 282 g/mol. The molecule has 0 bridgehead atoms. The van der Waals surface area contributed by atoms with Gasteiger partial charge in [0, 0.05) is 24.9 Å². The fourth-order valence-corrected chi connectivity index (χ4v) is 2.15. The van der Waals surface area contributed by atoms with E-state index in [-0.39, 0.29) is 11.9 Å². The van der Waals surface area contributed by atoms with Crippen molar-refractivity contribution < 1.29 is 13.9 Å². The maximum atomic E-state index is 13.3. The minimum absolute atomic E-state index is 0.116. The SMILES string of the molecule is CC(C)CNCc1cc(F)cnc1OC1CCOCC1. The van der Waals surface area contributed by atoms with Crippen LogP contribution in [0.5, 0.6) is 5.88 Å². The number of nitrogens with one attached hydrogen (secondary N) is 1. The highest BCUT2D eigenvalue weighted by Crippen LogP contribution is 2.21. The number of aromatic nitrogens is 1. The van der Waals surface area contributed by atoms with Crippen LogP contribution in [-0.2, 0) is 11.3 Å². The van der Waals surface area contributed by atoms with Crippen molar-refractivity contribution in [2.75, 3.05) is 19.8 Å². The maximum Gasteiger partial charge on any atom is 0.218 e. The molecule has 2 rings (SSSR count). The summed E-state index contributed by atoms with van der Waals surface area (Å²) < 4.78 is 24.6. The Morgan fingerprint density at radius 3 is 2.90 bits per heavy atom. The zero-order chi connectivity index (χ0) is 14.4. The number of nitrogens with zero attached hydrogens (tertiary/aromatic N) is 1. The molecule has 0 atom stereocenters. The van der Waals surface area contributed by atoms with Gasteiger partial charge in [-0.25, -0.2) is 9.37 Å². The minimum Gasteiger partial charge on any atom is -0.474 e. The second kappa shape index (κ2) is 7.55. The Hall–Kier alpha value is -1.20. The predicted molar refractivity (Wildman–Crippen MR) is 75.2 cm³/mol. The zero-order valence-corrected chi connectivity index (χ0v) is 12.2. The lowest BCUT2D eigenvalue weighted by molar-refractivity contribution is 0.0232. The van der Waals surface area contributed by atoms with Crippen molar-refractivity contribution in [2.45, 2.75) is 39.3 Å². The van der Waals surface area contributed by atoms with Gasteiger partial charge in [-0.15, -0.1) is 0 Å². The minimum atomic E-state index is -0.328. The van der Waals surface area contributed by atoms with Gasteiger partial charge in [-0.2, -0.15) is 0 Å². The third kappa shape index (κ3) is 4.72. The first-order valence-electron chi connectivity index (χ1n) is 7.24. The normalized spacial score (nSPS) is 16.6. The lowest BCUT2D eigenvalue weighted by Gasteiger charge is -2.24. The molecule has 0 aromatic carbocycles. The van der Waals surface area contributed by atoms with Gasteiger partial charge in [0.05, 0.1) is 19.4 Å². The third-order valence-electron chi connectivity index (χ3n) is 3.21. The van der Waals surface area contributed by atoms with E-state index in [2.05, 4.69) is 24.1 Å². The fourth-order valence-electron chi connectivity index (χ4n) is 2.15. The van der Waals surface area contributed by atoms with Crippen LogP contribution >= 0.6 is 0 Å². The van der Waals surface area contributed by atoms with Crippen molar-refractivity contribution in [3.63, 3.8) is 0 Å². The van der Waals surface area contributed by atoms with E-state index in [0.717, 1.165) is 24.9 Å². The summed E-state index contributed by atoms with van der Waals surface area (Å²) in [6.07, 6.45) is 3.04. The van der Waals surface area contributed by atoms with E-state index >= 15 is 0 Å². The van der Waals surface area contributed by atoms with Crippen molar-refractivity contribution >= 4 is 0 Å². The van der Waals surface area contributed by atoms with E-state index in [0.29, 0.717) is 31.6 Å². The first-order chi connectivity index (χ1) is 9.65. The average Bonchev–Trinajstić information content (AvgIpc) is 2.42. The molecule has 1 aliphatic rings. The third-order valence-corrected chi connectivity index (χ3v) is 3.21. The molecule has 1 aliphatic heterocycles. The quantitative estimate of drug-likeness (QED) is 0.870. The molecule has 2 heterocycles. The standard InChI is InChI=1S/C15H23FN2O2/c1-11(2)8-17-9-12-7-13(16)10-18-15(12)20-14-3-5-19-6-4-14/h7,10-11,14,17H,3-6,8-9H2,1-2H3. The van der Waals surface area contributed by atoms with Crippen LogP contribution in [0.15, 0.2) is 12.3 Å². The lowest BCUT2D eigenvalue weighted by atomic mass is 10.1. The van der Waals surface area contributed by atoms with Crippen molar-refractivity contribution in [3.8, 4) is 5.88 Å². The van der Waals surface area contributed by atoms with Crippen LogP contribution in [0.1, 0.15) is 32.3 Å². The van der Waals surface area contributed by atoms with Gasteiger partial charge in [-0.1, -0.05) is 13.8 Å². The number of hydrogen-bond donors (Lipinski definition) is 1. The molecule has 1 fully saturated rings. The number of ether oxygens (including phenoxy) is 2. The summed E-state index contributed by atoms with van der Waals surface area (Å²) in [5.74, 6) is 0.761. The van der Waals surface area contributed by atoms with Gasteiger partial charge < -0.3 is 14.8 Å². The molecular formula is C15H23FN2O2. The molecule has 1 aromatic heterocycles. The number of pyridine rings is 1. The Kier molecular flexibility index (Phi) is 5.73. The first kappa shape index (κ1) is 15.2. The molecule has 0 amide bonds. The summed E-state index contributed by atoms with van der Waals surface area (Å²) in [6, 6.07) is 1.50. The summed E-state index contributed by atoms with van der Waals surface area (Å²) in [5.41, 5.74) is 0.775. The van der Waals surface area contributed by atoms with Crippen molar-refractivity contribution in [1.82, 2.24) is 10.3 Å². The van der Waals surface area contributed by atoms with Crippen LogP contribution in [-0.4, -0.2) is 30.8 Å². The van der Waals surface area contributed by atoms with E-state index in [1.807, 2.05) is 0 Å². The van der Waals surface area contributed by atoms with Gasteiger partial charge in [0.2, 0.25) is 5.88 Å². The van der Waals surface area contributed by atoms with Crippen LogP contribution in [0.4, 0.5) is 4.39 Å². The van der Waals surface area contributed by atoms with Gasteiger partial charge in [0.1, 0.15) is 11.9 Å². The summed E-state index contributed by atoms with van der Waals surface area (Å²) >= 11 is 0. The second-order valence-corrected chi connectivity index (χ2v) is 5.57. The molecule has 112 valence electrons. The molecule has 0 saturated carbocycles. The van der Waals surface area contributed by atoms with Crippen molar-refractivity contribution in [2.24, 2.45) is 5.92 Å². The van der Waals surface area contributed by atoms with Gasteiger partial charge >= 0.3 is 0 Å². The molecule has 0 aliphatic carbocycles. The van der Waals surface area contributed by atoms with Crippen molar-refractivity contribution in [1.29, 1.82) is 0 Å². The van der Waals surface area contributed by atoms with E-state index in [4.69, 9.17) is 9.47 Å². The van der Waals surface area contributed by atoms with Gasteiger partial charge in [0.15, 0.2) is 0 Å². The Morgan fingerprint density at radius 2 is 2.20 bits per heavy atom. The fraction of sp³-hybridized carbons (Fsp3) is 0.667. The Bertz CT molecular complexity index is 420. The summed E-state index contributed by atoms with van der Waals surface area (Å²) in [5, 5.41) is 3.29. The second-order valence-electron chi connectivity index (χ2n) is 5.57. The molecule has 0 radical (unpaired) electrons. The molecule has 20 heavy (non-hydrogen) atoms. The van der Waals surface area contributed by atoms with E-state index in [1.165, 1.54) is 12.3 Å². The zero-order valence-electron chi connectivity index (χ0n) is 12.2. The highest BCUT2D eigenvalue weighted by molar-refractivity contribution is 5.26. The van der Waals surface area contributed by atoms with Gasteiger partial charge in [-0.05, 0) is 18.5 Å². The first-order valence-corrected chi connectivity index (χ1v) is 7.24. The van der Waals surface area contributed by atoms with Crippen LogP contribution in [0.2, 0.25) is 0 Å². The van der Waals surface area contributed by atoms with E-state index < -0.39 is 0 Å². The largest absolute Gasteiger partial charge is 0.474 e. The van der Waals surface area contributed by atoms with E-state index in [1.54, 1.807) is 0 Å². The summed E-state index contributed by atoms with van der Waals surface area (Å²) in [7, 11) is 0. The molecule has 1 saturated heterocycles. The molecule has 1 aromatic rings. The Morgan fingerprint density at radius 1 is 1.45 bits per heavy atom. The van der Waals surface area contributed by atoms with E-state index in [9.17, 15) is 4.39 Å². The van der Waals surface area contributed by atoms with Crippen LogP contribution in [0.3, 0.4) is 0 Å². The summed E-state index contributed by atoms with van der Waals surface area (Å²) in [4.78, 5) is 4.09. The van der Waals surface area contributed by atoms with Gasteiger partial charge in [-0.3, -0.25) is 0 Å². The maximum absolute atomic E-state index is 13.3. The predicted octanol–water partition coefficient (Wildman–Crippen LogP) is 2.52. The number of halogens is 1. The van der Waals surface area contributed by atoms with Crippen LogP contribution in [0.25, 0.3) is 0 Å². The molecular weight excluding hydrogens is 259 g/mol. The van der Waals surface area contributed by atoms with Crippen LogP contribution < -0.4 is 10.1 Å². The number of rotatable bonds is 6. The molecule has 0 unspecified atom stereocenters. The Labute approximate surface area is 119 Å². The smallest absolute Gasteiger partial charge is 0.218 e. The molecule has 4 nitrogen and oxygen atoms in total. The number of hydrogen-bond acceptors (Lipinski definition) is 4. The van der Waals surface area contributed by atoms with Crippen LogP contribution in [0, 0.1) is 11.7 Å². The Balaban J connectivity index is 1.98. The molecule has 5 heteroatoms. The molecule has 0 spiro atoms. The topological polar surface area (TPSA) is 43.4 Å². The molecule has 1 N–H and O–H groups in total. The summed E-state index contributed by atoms with van der Waals surface area (Å²) in [6.45, 7) is 7.15. The highest BCUT2D eigenvalue weighted by atomic mass is 19.1. The highest BCUT2D eigenvalue weighted by Gasteiger charge is 2.18.